The van der Waals surface area contributed by atoms with Crippen LogP contribution in [0.1, 0.15) is 11.3 Å². The van der Waals surface area contributed by atoms with Gasteiger partial charge in [0.1, 0.15) is 0 Å². The molecule has 0 radical (unpaired) electrons. The van der Waals surface area contributed by atoms with E-state index in [1.165, 1.54) is 0 Å². The van der Waals surface area contributed by atoms with Crippen molar-refractivity contribution in [3.05, 3.63) is 53.9 Å². The Morgan fingerprint density at radius 1 is 1.31 bits per heavy atom. The predicted octanol–water partition coefficient (Wildman–Crippen LogP) is 2.19. The van der Waals surface area contributed by atoms with Gasteiger partial charge in [-0.15, -0.1) is 0 Å². The molecule has 0 bridgehead atoms. The van der Waals surface area contributed by atoms with E-state index >= 15 is 0 Å². The van der Waals surface area contributed by atoms with Crippen LogP contribution in [0.5, 0.6) is 0 Å². The minimum atomic E-state index is 0.0515. The lowest BCUT2D eigenvalue weighted by molar-refractivity contribution is 0.343. The molecule has 1 heterocycles. The van der Waals surface area contributed by atoms with Crippen molar-refractivity contribution in [1.29, 1.82) is 0 Å². The summed E-state index contributed by atoms with van der Waals surface area (Å²) in [4.78, 5) is 0. The SMILES string of the molecule is Cc1nn(-c2ccccc2)cc1C=CCO. The third-order valence-corrected chi connectivity index (χ3v) is 2.36. The zero-order valence-electron chi connectivity index (χ0n) is 9.17. The molecule has 0 aliphatic heterocycles. The highest BCUT2D eigenvalue weighted by Crippen LogP contribution is 2.12. The van der Waals surface area contributed by atoms with Gasteiger partial charge in [0.25, 0.3) is 0 Å². The van der Waals surface area contributed by atoms with Gasteiger partial charge >= 0.3 is 0 Å². The molecule has 16 heavy (non-hydrogen) atoms. The summed E-state index contributed by atoms with van der Waals surface area (Å²) in [6.07, 6.45) is 5.54. The Labute approximate surface area is 94.7 Å². The summed E-state index contributed by atoms with van der Waals surface area (Å²) in [5, 5.41) is 13.1. The second kappa shape index (κ2) is 4.77. The smallest absolute Gasteiger partial charge is 0.0670 e. The summed E-state index contributed by atoms with van der Waals surface area (Å²) in [6.45, 7) is 2.01. The summed E-state index contributed by atoms with van der Waals surface area (Å²) < 4.78 is 1.84. The molecule has 1 aromatic heterocycles. The summed E-state index contributed by atoms with van der Waals surface area (Å²) in [5.41, 5.74) is 3.01. The summed E-state index contributed by atoms with van der Waals surface area (Å²) in [5.74, 6) is 0. The Balaban J connectivity index is 2.35. The van der Waals surface area contributed by atoms with E-state index in [-0.39, 0.29) is 6.61 Å². The van der Waals surface area contributed by atoms with Crippen LogP contribution in [-0.4, -0.2) is 21.5 Å². The van der Waals surface area contributed by atoms with Gasteiger partial charge in [0.2, 0.25) is 0 Å². The highest BCUT2D eigenvalue weighted by Gasteiger charge is 2.02. The maximum Gasteiger partial charge on any atom is 0.0670 e. The molecule has 0 fully saturated rings. The van der Waals surface area contributed by atoms with E-state index in [0.717, 1.165) is 16.9 Å². The molecule has 0 aliphatic carbocycles. The maximum absolute atomic E-state index is 8.73. The van der Waals surface area contributed by atoms with Crippen LogP contribution in [0.25, 0.3) is 11.8 Å². The van der Waals surface area contributed by atoms with Crippen molar-refractivity contribution < 1.29 is 5.11 Å². The van der Waals surface area contributed by atoms with Gasteiger partial charge in [-0.25, -0.2) is 4.68 Å². The number of aliphatic hydroxyl groups is 1. The average molecular weight is 214 g/mol. The standard InChI is InChI=1S/C13H14N2O/c1-11-12(6-5-9-16)10-15(14-11)13-7-3-2-4-8-13/h2-8,10,16H,9H2,1H3. The lowest BCUT2D eigenvalue weighted by Crippen LogP contribution is -1.93. The molecule has 0 saturated carbocycles. The number of aromatic nitrogens is 2. The van der Waals surface area contributed by atoms with E-state index in [1.807, 2.05) is 54.2 Å². The molecule has 0 spiro atoms. The Bertz CT molecular complexity index is 486. The lowest BCUT2D eigenvalue weighted by atomic mass is 10.2. The Kier molecular flexibility index (Phi) is 3.17. The molecule has 0 aliphatic rings. The fourth-order valence-electron chi connectivity index (χ4n) is 1.53. The molecule has 2 rings (SSSR count). The van der Waals surface area contributed by atoms with Gasteiger partial charge in [0.05, 0.1) is 18.0 Å². The number of aliphatic hydroxyl groups excluding tert-OH is 1. The molecule has 0 saturated heterocycles. The molecule has 2 aromatic rings. The first-order valence-electron chi connectivity index (χ1n) is 5.20. The number of para-hydroxylation sites is 1. The molecule has 1 aromatic carbocycles. The maximum atomic E-state index is 8.73. The third kappa shape index (κ3) is 2.20. The second-order valence-corrected chi connectivity index (χ2v) is 3.53. The van der Waals surface area contributed by atoms with Crippen LogP contribution in [0.4, 0.5) is 0 Å². The highest BCUT2D eigenvalue weighted by atomic mass is 16.2. The van der Waals surface area contributed by atoms with Gasteiger partial charge in [-0.1, -0.05) is 30.4 Å². The van der Waals surface area contributed by atoms with Crippen LogP contribution in [0.15, 0.2) is 42.6 Å². The zero-order valence-corrected chi connectivity index (χ0v) is 9.17. The van der Waals surface area contributed by atoms with Crippen molar-refractivity contribution in [1.82, 2.24) is 9.78 Å². The minimum Gasteiger partial charge on any atom is -0.392 e. The second-order valence-electron chi connectivity index (χ2n) is 3.53. The number of aryl methyl sites for hydroxylation is 1. The quantitative estimate of drug-likeness (QED) is 0.850. The number of rotatable bonds is 3. The fraction of sp³-hybridized carbons (Fsp3) is 0.154. The highest BCUT2D eigenvalue weighted by molar-refractivity contribution is 5.51. The van der Waals surface area contributed by atoms with Gasteiger partial charge in [-0.3, -0.25) is 0 Å². The fourth-order valence-corrected chi connectivity index (χ4v) is 1.53. The van der Waals surface area contributed by atoms with Crippen LogP contribution in [-0.2, 0) is 0 Å². The van der Waals surface area contributed by atoms with Gasteiger partial charge in [0, 0.05) is 11.8 Å². The van der Waals surface area contributed by atoms with Crippen LogP contribution >= 0.6 is 0 Å². The molecular weight excluding hydrogens is 200 g/mol. The third-order valence-electron chi connectivity index (χ3n) is 2.36. The van der Waals surface area contributed by atoms with E-state index < -0.39 is 0 Å². The van der Waals surface area contributed by atoms with Crippen molar-refractivity contribution in [2.45, 2.75) is 6.92 Å². The molecule has 82 valence electrons. The van der Waals surface area contributed by atoms with Crippen LogP contribution in [0, 0.1) is 6.92 Å². The van der Waals surface area contributed by atoms with Crippen molar-refractivity contribution >= 4 is 6.08 Å². The molecule has 0 unspecified atom stereocenters. The predicted molar refractivity (Wildman–Crippen MR) is 64.4 cm³/mol. The average Bonchev–Trinajstić information content (AvgIpc) is 2.69. The molecule has 0 atom stereocenters. The van der Waals surface area contributed by atoms with E-state index in [4.69, 9.17) is 5.11 Å². The van der Waals surface area contributed by atoms with Gasteiger partial charge in [0.15, 0.2) is 0 Å². The topological polar surface area (TPSA) is 38.0 Å². The first-order valence-corrected chi connectivity index (χ1v) is 5.20. The minimum absolute atomic E-state index is 0.0515. The number of nitrogens with zero attached hydrogens (tertiary/aromatic N) is 2. The molecule has 0 amide bonds. The van der Waals surface area contributed by atoms with E-state index in [1.54, 1.807) is 6.08 Å². The molecule has 1 N–H and O–H groups in total. The number of benzene rings is 1. The summed E-state index contributed by atoms with van der Waals surface area (Å²) in [7, 11) is 0. The van der Waals surface area contributed by atoms with Gasteiger partial charge in [-0.05, 0) is 19.1 Å². The Hall–Kier alpha value is -1.87. The lowest BCUT2D eigenvalue weighted by Gasteiger charge is -1.98. The van der Waals surface area contributed by atoms with Crippen LogP contribution in [0.2, 0.25) is 0 Å². The zero-order chi connectivity index (χ0) is 11.4. The number of hydrogen-bond acceptors (Lipinski definition) is 2. The van der Waals surface area contributed by atoms with Crippen molar-refractivity contribution in [3.8, 4) is 5.69 Å². The van der Waals surface area contributed by atoms with E-state index in [9.17, 15) is 0 Å². The summed E-state index contributed by atoms with van der Waals surface area (Å²) >= 11 is 0. The number of hydrogen-bond donors (Lipinski definition) is 1. The van der Waals surface area contributed by atoms with Crippen LogP contribution in [0.3, 0.4) is 0 Å². The molecule has 3 nitrogen and oxygen atoms in total. The van der Waals surface area contributed by atoms with Gasteiger partial charge in [-0.2, -0.15) is 5.10 Å². The Morgan fingerprint density at radius 2 is 2.06 bits per heavy atom. The van der Waals surface area contributed by atoms with E-state index in [0.29, 0.717) is 0 Å². The van der Waals surface area contributed by atoms with Gasteiger partial charge < -0.3 is 5.11 Å². The van der Waals surface area contributed by atoms with E-state index in [2.05, 4.69) is 5.10 Å². The monoisotopic (exact) mass is 214 g/mol. The molecule has 3 heteroatoms. The van der Waals surface area contributed by atoms with Crippen LogP contribution < -0.4 is 0 Å². The first-order chi connectivity index (χ1) is 7.81. The summed E-state index contributed by atoms with van der Waals surface area (Å²) in [6, 6.07) is 9.95. The van der Waals surface area contributed by atoms with Crippen molar-refractivity contribution in [2.24, 2.45) is 0 Å². The normalized spacial score (nSPS) is 11.1. The van der Waals surface area contributed by atoms with Crippen molar-refractivity contribution in [2.75, 3.05) is 6.61 Å². The van der Waals surface area contributed by atoms with Crippen molar-refractivity contribution in [3.63, 3.8) is 0 Å². The first kappa shape index (κ1) is 10.6. The Morgan fingerprint density at radius 3 is 2.75 bits per heavy atom. The largest absolute Gasteiger partial charge is 0.392 e. The molecular formula is C13H14N2O.